The topological polar surface area (TPSA) is 95.9 Å². The fourth-order valence-corrected chi connectivity index (χ4v) is 14.2. The number of carbonyl (C=O) groups is 2. The first-order valence-corrected chi connectivity index (χ1v) is 44.3. The number of esters is 1. The number of aliphatic hydroxyl groups is 2. The molecule has 96 heavy (non-hydrogen) atoms. The maximum Gasteiger partial charge on any atom is 0.305 e. The molecule has 0 rings (SSSR count). The van der Waals surface area contributed by atoms with Gasteiger partial charge in [0, 0.05) is 12.8 Å². The number of carbonyl (C=O) groups excluding carboxylic acids is 2. The van der Waals surface area contributed by atoms with Crippen LogP contribution >= 0.6 is 0 Å². The third kappa shape index (κ3) is 81.0. The quantitative estimate of drug-likeness (QED) is 0.0320. The minimum atomic E-state index is -0.844. The van der Waals surface area contributed by atoms with Crippen LogP contribution in [0, 0.1) is 0 Å². The van der Waals surface area contributed by atoms with Crippen LogP contribution in [0.3, 0.4) is 0 Å². The molecule has 0 heterocycles. The number of ether oxygens (including phenoxy) is 1. The maximum absolute atomic E-state index is 12.6. The third-order valence-corrected chi connectivity index (χ3v) is 20.9. The van der Waals surface area contributed by atoms with E-state index in [1.807, 2.05) is 6.08 Å². The second-order valence-electron chi connectivity index (χ2n) is 30.6. The van der Waals surface area contributed by atoms with Gasteiger partial charge in [-0.2, -0.15) is 0 Å². The highest BCUT2D eigenvalue weighted by Gasteiger charge is 2.18. The molecule has 0 bridgehead atoms. The normalized spacial score (nSPS) is 12.6. The first-order chi connectivity index (χ1) is 47.5. The summed E-state index contributed by atoms with van der Waals surface area (Å²) < 4.78 is 5.52. The molecule has 3 N–H and O–H groups in total. The van der Waals surface area contributed by atoms with Crippen molar-refractivity contribution in [3.05, 3.63) is 36.5 Å². The van der Waals surface area contributed by atoms with Crippen molar-refractivity contribution in [2.45, 2.75) is 514 Å². The van der Waals surface area contributed by atoms with Gasteiger partial charge in [0.1, 0.15) is 0 Å². The Morgan fingerprint density at radius 2 is 0.490 bits per heavy atom. The summed E-state index contributed by atoms with van der Waals surface area (Å²) >= 11 is 0. The fraction of sp³-hybridized carbons (Fsp3) is 0.911. The van der Waals surface area contributed by atoms with E-state index < -0.39 is 12.1 Å². The Kier molecular flexibility index (Phi) is 83.8. The van der Waals surface area contributed by atoms with Crippen LogP contribution in [-0.4, -0.2) is 47.4 Å². The molecule has 0 aliphatic rings. The molecule has 0 aromatic rings. The van der Waals surface area contributed by atoms with Crippen molar-refractivity contribution in [2.75, 3.05) is 13.2 Å². The van der Waals surface area contributed by atoms with Gasteiger partial charge >= 0.3 is 5.97 Å². The lowest BCUT2D eigenvalue weighted by atomic mass is 10.0. The number of hydrogen-bond acceptors (Lipinski definition) is 5. The molecule has 0 spiro atoms. The van der Waals surface area contributed by atoms with Crippen LogP contribution in [0.2, 0.25) is 0 Å². The molecule has 2 unspecified atom stereocenters. The summed E-state index contributed by atoms with van der Waals surface area (Å²) in [5.41, 5.74) is 0. The summed E-state index contributed by atoms with van der Waals surface area (Å²) in [6, 6.07) is -0.627. The van der Waals surface area contributed by atoms with E-state index in [2.05, 4.69) is 43.5 Å². The van der Waals surface area contributed by atoms with Crippen molar-refractivity contribution >= 4 is 11.9 Å². The lowest BCUT2D eigenvalue weighted by Gasteiger charge is -2.20. The van der Waals surface area contributed by atoms with Crippen LogP contribution in [0.15, 0.2) is 36.5 Å². The first-order valence-electron chi connectivity index (χ1n) is 44.3. The molecule has 6 heteroatoms. The zero-order valence-electron chi connectivity index (χ0n) is 65.4. The van der Waals surface area contributed by atoms with E-state index >= 15 is 0 Å². The van der Waals surface area contributed by atoms with Crippen LogP contribution < -0.4 is 5.32 Å². The average molecular weight is 1350 g/mol. The highest BCUT2D eigenvalue weighted by molar-refractivity contribution is 5.76. The molecular weight excluding hydrogens is 1170 g/mol. The average Bonchev–Trinajstić information content (AvgIpc) is 3.16. The van der Waals surface area contributed by atoms with E-state index in [0.717, 1.165) is 38.5 Å². The molecule has 1 amide bonds. The van der Waals surface area contributed by atoms with Gasteiger partial charge in [-0.15, -0.1) is 0 Å². The summed E-state index contributed by atoms with van der Waals surface area (Å²) in [5.74, 6) is -0.0380. The predicted molar refractivity (Wildman–Crippen MR) is 426 cm³/mol. The summed E-state index contributed by atoms with van der Waals surface area (Å²) in [7, 11) is 0. The van der Waals surface area contributed by atoms with Crippen LogP contribution in [0.25, 0.3) is 0 Å². The number of unbranched alkanes of at least 4 members (excludes halogenated alkanes) is 69. The number of amides is 1. The monoisotopic (exact) mass is 1350 g/mol. The molecule has 0 aliphatic heterocycles. The standard InChI is InChI=1S/C90H173NO5/c1-3-5-7-9-11-13-15-17-19-21-23-24-25-37-40-43-47-50-54-58-62-66-70-74-78-82-88(93)87(86-92)91-89(94)83-79-75-71-67-63-59-55-51-48-44-41-38-35-33-31-29-27-26-28-30-32-34-36-39-42-45-49-53-57-61-65-69-73-77-81-85-96-90(95)84-80-76-72-68-64-60-56-52-46-22-20-18-16-14-12-10-8-6-4-2/h18,20,28,30,78,82,87-88,92-93H,3-17,19,21-27,29,31-77,79-81,83-86H2,1-2H3,(H,91,94)/b20-18-,30-28-,82-78+. The Labute approximate surface area is 602 Å². The SMILES string of the molecule is CCCCCCCC/C=C\CCCCCCCCCCCC(=O)OCCCCCCCCCCCCCCCC/C=C\CCCCCCCCCCCCCCCCCCCC(=O)NC(CO)C(O)/C=C/CCCCCCCCCCCCCCCCCCCCCCCCC. The Morgan fingerprint density at radius 1 is 0.281 bits per heavy atom. The van der Waals surface area contributed by atoms with Crippen LogP contribution in [-0.2, 0) is 14.3 Å². The van der Waals surface area contributed by atoms with Crippen molar-refractivity contribution in [1.82, 2.24) is 5.32 Å². The molecular formula is C90H173NO5. The van der Waals surface area contributed by atoms with Gasteiger partial charge in [-0.1, -0.05) is 442 Å². The number of hydrogen-bond donors (Lipinski definition) is 3. The molecule has 0 fully saturated rings. The van der Waals surface area contributed by atoms with Crippen LogP contribution in [0.1, 0.15) is 502 Å². The summed E-state index contributed by atoms with van der Waals surface area (Å²) in [6.45, 7) is 4.96. The highest BCUT2D eigenvalue weighted by Crippen LogP contribution is 2.21. The van der Waals surface area contributed by atoms with E-state index in [9.17, 15) is 19.8 Å². The van der Waals surface area contributed by atoms with E-state index in [1.165, 1.54) is 437 Å². The lowest BCUT2D eigenvalue weighted by molar-refractivity contribution is -0.143. The molecule has 0 radical (unpaired) electrons. The van der Waals surface area contributed by atoms with Gasteiger partial charge < -0.3 is 20.3 Å². The van der Waals surface area contributed by atoms with Gasteiger partial charge in [0.2, 0.25) is 5.91 Å². The highest BCUT2D eigenvalue weighted by atomic mass is 16.5. The van der Waals surface area contributed by atoms with Gasteiger partial charge in [-0.25, -0.2) is 0 Å². The number of allylic oxidation sites excluding steroid dienone is 5. The molecule has 0 aromatic carbocycles. The molecule has 568 valence electrons. The molecule has 0 aliphatic carbocycles. The second kappa shape index (κ2) is 85.5. The lowest BCUT2D eigenvalue weighted by Crippen LogP contribution is -2.45. The Hall–Kier alpha value is -1.92. The Balaban J connectivity index is 3.36. The minimum absolute atomic E-state index is 0.0207. The van der Waals surface area contributed by atoms with Crippen LogP contribution in [0.4, 0.5) is 0 Å². The van der Waals surface area contributed by atoms with E-state index in [4.69, 9.17) is 4.74 Å². The first kappa shape index (κ1) is 94.1. The van der Waals surface area contributed by atoms with Crippen molar-refractivity contribution < 1.29 is 24.5 Å². The number of aliphatic hydroxyl groups excluding tert-OH is 2. The maximum atomic E-state index is 12.6. The Bertz CT molecular complexity index is 1560. The smallest absolute Gasteiger partial charge is 0.305 e. The van der Waals surface area contributed by atoms with Crippen molar-refractivity contribution in [3.8, 4) is 0 Å². The zero-order valence-corrected chi connectivity index (χ0v) is 65.4. The van der Waals surface area contributed by atoms with Gasteiger partial charge in [0.25, 0.3) is 0 Å². The summed E-state index contributed by atoms with van der Waals surface area (Å²) in [5, 5.41) is 23.3. The molecule has 2 atom stereocenters. The third-order valence-electron chi connectivity index (χ3n) is 20.9. The largest absolute Gasteiger partial charge is 0.466 e. The van der Waals surface area contributed by atoms with Gasteiger partial charge in [-0.3, -0.25) is 9.59 Å². The number of rotatable bonds is 84. The summed E-state index contributed by atoms with van der Waals surface area (Å²) in [4.78, 5) is 24.7. The Morgan fingerprint density at radius 3 is 0.740 bits per heavy atom. The molecule has 0 saturated carbocycles. The van der Waals surface area contributed by atoms with Crippen molar-refractivity contribution in [2.24, 2.45) is 0 Å². The van der Waals surface area contributed by atoms with Crippen molar-refractivity contribution in [3.63, 3.8) is 0 Å². The van der Waals surface area contributed by atoms with Gasteiger partial charge in [0.05, 0.1) is 25.4 Å². The number of nitrogens with one attached hydrogen (secondary N) is 1. The molecule has 0 aromatic heterocycles. The second-order valence-corrected chi connectivity index (χ2v) is 30.6. The zero-order chi connectivity index (χ0) is 69.1. The molecule has 0 saturated heterocycles. The van der Waals surface area contributed by atoms with Gasteiger partial charge in [-0.05, 0) is 83.5 Å². The minimum Gasteiger partial charge on any atom is -0.466 e. The summed E-state index contributed by atoms with van der Waals surface area (Å²) in [6.07, 6.45) is 113. The van der Waals surface area contributed by atoms with E-state index in [0.29, 0.717) is 19.4 Å². The van der Waals surface area contributed by atoms with E-state index in [1.54, 1.807) is 6.08 Å². The van der Waals surface area contributed by atoms with Crippen LogP contribution in [0.5, 0.6) is 0 Å². The fourth-order valence-electron chi connectivity index (χ4n) is 14.2. The predicted octanol–water partition coefficient (Wildman–Crippen LogP) is 29.7. The van der Waals surface area contributed by atoms with Crippen molar-refractivity contribution in [1.29, 1.82) is 0 Å². The van der Waals surface area contributed by atoms with Gasteiger partial charge in [0.15, 0.2) is 0 Å². The molecule has 6 nitrogen and oxygen atoms in total. The van der Waals surface area contributed by atoms with E-state index in [-0.39, 0.29) is 18.5 Å².